The molecule has 23 heavy (non-hydrogen) atoms. The molecule has 1 amide bonds. The summed E-state index contributed by atoms with van der Waals surface area (Å²) in [6, 6.07) is 15.9. The fraction of sp³-hybridized carbons (Fsp3) is 0.158. The van der Waals surface area contributed by atoms with Crippen molar-refractivity contribution >= 4 is 39.2 Å². The van der Waals surface area contributed by atoms with Crippen LogP contribution in [-0.4, -0.2) is 10.9 Å². The number of thiazole rings is 1. The predicted octanol–water partition coefficient (Wildman–Crippen LogP) is 5.07. The van der Waals surface area contributed by atoms with E-state index in [9.17, 15) is 4.79 Å². The minimum atomic E-state index is -0.151. The van der Waals surface area contributed by atoms with Gasteiger partial charge >= 0.3 is 0 Å². The molecule has 0 aliphatic carbocycles. The predicted molar refractivity (Wildman–Crippen MR) is 97.8 cm³/mol. The maximum atomic E-state index is 12.0. The van der Waals surface area contributed by atoms with Gasteiger partial charge in [0, 0.05) is 11.8 Å². The lowest BCUT2D eigenvalue weighted by Gasteiger charge is -2.07. The van der Waals surface area contributed by atoms with Crippen LogP contribution >= 0.6 is 11.3 Å². The number of carbonyl (C=O) groups is 1. The van der Waals surface area contributed by atoms with Crippen molar-refractivity contribution in [3.63, 3.8) is 0 Å². The van der Waals surface area contributed by atoms with Gasteiger partial charge in [-0.2, -0.15) is 0 Å². The van der Waals surface area contributed by atoms with Crippen molar-refractivity contribution in [2.45, 2.75) is 19.8 Å². The maximum Gasteiger partial charge on any atom is 0.248 e. The van der Waals surface area contributed by atoms with Gasteiger partial charge in [-0.15, -0.1) is 11.3 Å². The normalized spacial score (nSPS) is 11.4. The number of para-hydroxylation sites is 1. The van der Waals surface area contributed by atoms with Gasteiger partial charge < -0.3 is 5.32 Å². The minimum Gasteiger partial charge on any atom is -0.323 e. The number of rotatable bonds is 4. The molecule has 3 aromatic rings. The zero-order valence-electron chi connectivity index (χ0n) is 13.1. The number of anilines is 1. The van der Waals surface area contributed by atoms with E-state index < -0.39 is 0 Å². The average Bonchev–Trinajstić information content (AvgIpc) is 2.96. The summed E-state index contributed by atoms with van der Waals surface area (Å²) in [5.41, 5.74) is 3.02. The van der Waals surface area contributed by atoms with Crippen molar-refractivity contribution in [1.29, 1.82) is 0 Å². The van der Waals surface area contributed by atoms with Crippen LogP contribution in [-0.2, 0) is 4.79 Å². The summed E-state index contributed by atoms with van der Waals surface area (Å²) in [6.45, 7) is 4.29. The highest BCUT2D eigenvalue weighted by Gasteiger charge is 2.03. The molecule has 3 rings (SSSR count). The Morgan fingerprint density at radius 2 is 1.87 bits per heavy atom. The van der Waals surface area contributed by atoms with E-state index in [1.807, 2.05) is 48.5 Å². The highest BCUT2D eigenvalue weighted by Crippen LogP contribution is 2.22. The zero-order valence-corrected chi connectivity index (χ0v) is 13.9. The Morgan fingerprint density at radius 3 is 2.57 bits per heavy atom. The molecular formula is C19H18N2OS. The molecular weight excluding hydrogens is 304 g/mol. The lowest BCUT2D eigenvalue weighted by molar-refractivity contribution is -0.111. The van der Waals surface area contributed by atoms with Crippen molar-refractivity contribution in [3.05, 3.63) is 65.2 Å². The zero-order chi connectivity index (χ0) is 16.2. The Balaban J connectivity index is 1.66. The number of nitrogens with zero attached hydrogens (tertiary/aromatic N) is 1. The number of carbonyl (C=O) groups excluding carboxylic acids is 1. The number of aromatic nitrogens is 1. The van der Waals surface area contributed by atoms with Gasteiger partial charge in [0.15, 0.2) is 0 Å². The first kappa shape index (κ1) is 15.4. The molecule has 1 aromatic heterocycles. The molecule has 0 aliphatic rings. The molecule has 0 bridgehead atoms. The first-order chi connectivity index (χ1) is 11.1. The highest BCUT2D eigenvalue weighted by molar-refractivity contribution is 7.19. The van der Waals surface area contributed by atoms with E-state index in [1.54, 1.807) is 17.4 Å². The Bertz CT molecular complexity index is 814. The van der Waals surface area contributed by atoms with Gasteiger partial charge in [0.1, 0.15) is 5.01 Å². The van der Waals surface area contributed by atoms with Gasteiger partial charge in [-0.05, 0) is 41.8 Å². The second-order valence-electron chi connectivity index (χ2n) is 5.62. The molecule has 0 saturated carbocycles. The summed E-state index contributed by atoms with van der Waals surface area (Å²) >= 11 is 1.57. The van der Waals surface area contributed by atoms with E-state index in [1.165, 1.54) is 11.6 Å². The van der Waals surface area contributed by atoms with Gasteiger partial charge in [0.2, 0.25) is 5.91 Å². The van der Waals surface area contributed by atoms with Crippen molar-refractivity contribution in [2.75, 3.05) is 5.32 Å². The molecule has 3 nitrogen and oxygen atoms in total. The third kappa shape index (κ3) is 3.85. The molecule has 1 N–H and O–H groups in total. The van der Waals surface area contributed by atoms with E-state index in [0.29, 0.717) is 5.92 Å². The maximum absolute atomic E-state index is 12.0. The van der Waals surface area contributed by atoms with Crippen LogP contribution in [0.4, 0.5) is 5.69 Å². The van der Waals surface area contributed by atoms with Gasteiger partial charge in [-0.25, -0.2) is 4.98 Å². The largest absolute Gasteiger partial charge is 0.323 e. The SMILES string of the molecule is CC(C)c1ccc(NC(=O)/C=C/c2nc3ccccc3s2)cc1. The number of benzene rings is 2. The Kier molecular flexibility index (Phi) is 4.53. The lowest BCUT2D eigenvalue weighted by atomic mass is 10.0. The molecule has 0 fully saturated rings. The van der Waals surface area contributed by atoms with E-state index >= 15 is 0 Å². The Labute approximate surface area is 139 Å². The number of hydrogen-bond acceptors (Lipinski definition) is 3. The van der Waals surface area contributed by atoms with Crippen molar-refractivity contribution in [3.8, 4) is 0 Å². The summed E-state index contributed by atoms with van der Waals surface area (Å²) in [7, 11) is 0. The van der Waals surface area contributed by atoms with E-state index in [-0.39, 0.29) is 5.91 Å². The number of hydrogen-bond donors (Lipinski definition) is 1. The number of nitrogens with one attached hydrogen (secondary N) is 1. The third-order valence-electron chi connectivity index (χ3n) is 3.53. The Morgan fingerprint density at radius 1 is 1.13 bits per heavy atom. The second-order valence-corrected chi connectivity index (χ2v) is 6.68. The van der Waals surface area contributed by atoms with Crippen molar-refractivity contribution in [2.24, 2.45) is 0 Å². The van der Waals surface area contributed by atoms with Crippen LogP contribution < -0.4 is 5.32 Å². The quantitative estimate of drug-likeness (QED) is 0.681. The molecule has 2 aromatic carbocycles. The van der Waals surface area contributed by atoms with Crippen molar-refractivity contribution < 1.29 is 4.79 Å². The summed E-state index contributed by atoms with van der Waals surface area (Å²) in [4.78, 5) is 16.5. The van der Waals surface area contributed by atoms with Crippen LogP contribution in [0.5, 0.6) is 0 Å². The van der Waals surface area contributed by atoms with Crippen molar-refractivity contribution in [1.82, 2.24) is 4.98 Å². The van der Waals surface area contributed by atoms with Crippen LogP contribution in [0.25, 0.3) is 16.3 Å². The topological polar surface area (TPSA) is 42.0 Å². The first-order valence-corrected chi connectivity index (χ1v) is 8.38. The molecule has 0 unspecified atom stereocenters. The molecule has 0 spiro atoms. The van der Waals surface area contributed by atoms with E-state index in [2.05, 4.69) is 24.1 Å². The minimum absolute atomic E-state index is 0.151. The average molecular weight is 322 g/mol. The van der Waals surface area contributed by atoms with Gasteiger partial charge in [-0.1, -0.05) is 38.1 Å². The second kappa shape index (κ2) is 6.75. The third-order valence-corrected chi connectivity index (χ3v) is 4.53. The van der Waals surface area contributed by atoms with Crippen LogP contribution in [0, 0.1) is 0 Å². The van der Waals surface area contributed by atoms with Crippen LogP contribution in [0.2, 0.25) is 0 Å². The molecule has 116 valence electrons. The van der Waals surface area contributed by atoms with Crippen LogP contribution in [0.1, 0.15) is 30.3 Å². The first-order valence-electron chi connectivity index (χ1n) is 7.56. The molecule has 0 radical (unpaired) electrons. The summed E-state index contributed by atoms with van der Waals surface area (Å²) < 4.78 is 1.12. The summed E-state index contributed by atoms with van der Waals surface area (Å²) in [5.74, 6) is 0.334. The van der Waals surface area contributed by atoms with Crippen LogP contribution in [0.3, 0.4) is 0 Å². The molecule has 1 heterocycles. The highest BCUT2D eigenvalue weighted by atomic mass is 32.1. The monoisotopic (exact) mass is 322 g/mol. The van der Waals surface area contributed by atoms with E-state index in [4.69, 9.17) is 0 Å². The summed E-state index contributed by atoms with van der Waals surface area (Å²) in [6.07, 6.45) is 3.27. The molecule has 0 saturated heterocycles. The number of amides is 1. The van der Waals surface area contributed by atoms with Gasteiger partial charge in [0.25, 0.3) is 0 Å². The van der Waals surface area contributed by atoms with Gasteiger partial charge in [0.05, 0.1) is 10.2 Å². The fourth-order valence-corrected chi connectivity index (χ4v) is 3.11. The molecule has 4 heteroatoms. The van der Waals surface area contributed by atoms with Gasteiger partial charge in [-0.3, -0.25) is 4.79 Å². The number of fused-ring (bicyclic) bond motifs is 1. The van der Waals surface area contributed by atoms with Crippen LogP contribution in [0.15, 0.2) is 54.6 Å². The fourth-order valence-electron chi connectivity index (χ4n) is 2.24. The Hall–Kier alpha value is -2.46. The molecule has 0 aliphatic heterocycles. The smallest absolute Gasteiger partial charge is 0.248 e. The standard InChI is InChI=1S/C19H18N2OS/c1-13(2)14-7-9-15(10-8-14)20-18(22)11-12-19-21-16-5-3-4-6-17(16)23-19/h3-13H,1-2H3,(H,20,22)/b12-11+. The van der Waals surface area contributed by atoms with E-state index in [0.717, 1.165) is 20.9 Å². The summed E-state index contributed by atoms with van der Waals surface area (Å²) in [5, 5.41) is 3.69. The lowest BCUT2D eigenvalue weighted by Crippen LogP contribution is -2.07. The molecule has 0 atom stereocenters.